The zero-order valence-electron chi connectivity index (χ0n) is 4.91. The number of hydrogen-bond acceptors (Lipinski definition) is 3. The molecule has 0 aliphatic rings. The maximum atomic E-state index is 9.63. The molecule has 8 N–H and O–H groups in total. The molecule has 0 unspecified atom stereocenters. The van der Waals surface area contributed by atoms with Gasteiger partial charge < -0.3 is 30.5 Å². The van der Waals surface area contributed by atoms with E-state index in [1.807, 2.05) is 0 Å². The van der Waals surface area contributed by atoms with Gasteiger partial charge in [-0.3, -0.25) is 0 Å². The molecule has 0 atom stereocenters. The summed E-state index contributed by atoms with van der Waals surface area (Å²) in [5.41, 5.74) is 0. The van der Waals surface area contributed by atoms with Crippen LogP contribution in [0.4, 0.5) is 0 Å². The zero-order valence-corrected chi connectivity index (χ0v) is 6.70. The van der Waals surface area contributed by atoms with Crippen molar-refractivity contribution in [3.63, 3.8) is 0 Å². The van der Waals surface area contributed by atoms with Crippen molar-refractivity contribution in [1.82, 2.24) is 0 Å². The Kier molecular flexibility index (Phi) is 38.7. The minimum absolute atomic E-state index is 0. The van der Waals surface area contributed by atoms with Gasteiger partial charge in [0.2, 0.25) is 0 Å². The molecule has 0 aromatic carbocycles. The molecule has 9 nitrogen and oxygen atoms in total. The van der Waals surface area contributed by atoms with Crippen LogP contribution in [-0.2, 0) is 13.4 Å². The number of phosphoric acid groups is 2. The van der Waals surface area contributed by atoms with Crippen LogP contribution < -0.4 is 0 Å². The van der Waals surface area contributed by atoms with Gasteiger partial charge >= 0.3 is 129 Å². The minimum atomic E-state index is -5.05. The van der Waals surface area contributed by atoms with Crippen LogP contribution in [0, 0.1) is 0 Å². The van der Waals surface area contributed by atoms with E-state index in [0.29, 0.717) is 0 Å². The van der Waals surface area contributed by atoms with E-state index < -0.39 is 15.6 Å². The van der Waals surface area contributed by atoms with Crippen molar-refractivity contribution in [3.8, 4) is 0 Å². The molecular weight excluding hydrogens is 326 g/mol. The van der Waals surface area contributed by atoms with Crippen molar-refractivity contribution in [2.45, 2.75) is 0 Å². The quantitative estimate of drug-likeness (QED) is 0.285. The Bertz CT molecular complexity index is 158. The van der Waals surface area contributed by atoms with E-state index in [0.717, 1.165) is 0 Å². The number of hydrogen-bond donors (Lipinski definition) is 4. The van der Waals surface area contributed by atoms with Gasteiger partial charge in [-0.2, -0.15) is 4.31 Å². The van der Waals surface area contributed by atoms with Crippen LogP contribution in [0.2, 0.25) is 0 Å². The fraction of sp³-hybridized carbons (Fsp3) is 0. The standard InChI is InChI=1S/3Ca.H4O7P2.2H2O.6H/c;;;1-8(2,3)7-9(4,5)6;;;;;;;;/h;;;(H2,1,2,3)(H2,4,5,6);2*1H2;;;;;;. The molecule has 0 amide bonds. The summed E-state index contributed by atoms with van der Waals surface area (Å²) >= 11 is 0. The Morgan fingerprint density at radius 2 is 0.857 bits per heavy atom. The molecule has 0 radical (unpaired) electrons. The van der Waals surface area contributed by atoms with E-state index in [1.54, 1.807) is 0 Å². The summed E-state index contributed by atoms with van der Waals surface area (Å²) in [6.07, 6.45) is 0. The van der Waals surface area contributed by atoms with Crippen molar-refractivity contribution in [2.75, 3.05) is 0 Å². The number of rotatable bonds is 2. The molecule has 84 valence electrons. The average molecular weight is 340 g/mol. The molecule has 0 aromatic heterocycles. The van der Waals surface area contributed by atoms with Crippen LogP contribution in [0.5, 0.6) is 0 Å². The van der Waals surface area contributed by atoms with E-state index >= 15 is 0 Å². The Morgan fingerprint density at radius 1 is 0.714 bits per heavy atom. The second kappa shape index (κ2) is 15.0. The summed E-state index contributed by atoms with van der Waals surface area (Å²) in [6, 6.07) is 0. The van der Waals surface area contributed by atoms with Crippen LogP contribution in [0.15, 0.2) is 0 Å². The Balaban J connectivity index is -0.0000000320. The fourth-order valence-electron chi connectivity index (χ4n) is 0.139. The van der Waals surface area contributed by atoms with Gasteiger partial charge in [-0.15, -0.1) is 0 Å². The van der Waals surface area contributed by atoms with Gasteiger partial charge in [-0.25, -0.2) is 9.13 Å². The molecule has 0 spiro atoms. The van der Waals surface area contributed by atoms with Gasteiger partial charge in [0.05, 0.1) is 0 Å². The van der Waals surface area contributed by atoms with Crippen LogP contribution in [0.25, 0.3) is 0 Å². The molecule has 0 saturated carbocycles. The van der Waals surface area contributed by atoms with Crippen LogP contribution >= 0.6 is 15.6 Å². The van der Waals surface area contributed by atoms with Crippen LogP contribution in [0.1, 0.15) is 0 Å². The van der Waals surface area contributed by atoms with Crippen molar-refractivity contribution in [3.05, 3.63) is 0 Å². The molecule has 14 heavy (non-hydrogen) atoms. The third kappa shape index (κ3) is 36.0. The molecule has 0 aromatic rings. The maximum absolute atomic E-state index is 9.63. The molecular formula is H14Ca3O9P2. The fourth-order valence-corrected chi connectivity index (χ4v) is 1.25. The van der Waals surface area contributed by atoms with Crippen LogP contribution in [-0.4, -0.2) is 144 Å². The van der Waals surface area contributed by atoms with Crippen LogP contribution in [0.3, 0.4) is 0 Å². The molecule has 0 aliphatic carbocycles. The summed E-state index contributed by atoms with van der Waals surface area (Å²) in [5, 5.41) is 0. The van der Waals surface area contributed by atoms with E-state index in [1.165, 1.54) is 0 Å². The molecule has 0 saturated heterocycles. The Hall–Kier alpha value is 3.96. The van der Waals surface area contributed by atoms with Crippen molar-refractivity contribution >= 4 is 129 Å². The summed E-state index contributed by atoms with van der Waals surface area (Å²) in [7, 11) is -10.1. The van der Waals surface area contributed by atoms with Gasteiger partial charge in [0.1, 0.15) is 0 Å². The van der Waals surface area contributed by atoms with Crippen molar-refractivity contribution in [2.24, 2.45) is 0 Å². The first-order valence-corrected chi connectivity index (χ1v) is 4.59. The van der Waals surface area contributed by atoms with E-state index in [9.17, 15) is 9.13 Å². The summed E-state index contributed by atoms with van der Waals surface area (Å²) < 4.78 is 22.2. The Labute approximate surface area is 169 Å². The molecule has 0 fully saturated rings. The third-order valence-corrected chi connectivity index (χ3v) is 1.91. The van der Waals surface area contributed by atoms with E-state index in [-0.39, 0.29) is 124 Å². The molecule has 0 heterocycles. The predicted molar refractivity (Wildman–Crippen MR) is 58.0 cm³/mol. The first kappa shape index (κ1) is 36.1. The first-order valence-electron chi connectivity index (χ1n) is 1.53. The van der Waals surface area contributed by atoms with Gasteiger partial charge in [0.25, 0.3) is 0 Å². The molecule has 0 bridgehead atoms. The monoisotopic (exact) mass is 340 g/mol. The second-order valence-electron chi connectivity index (χ2n) is 1.06. The van der Waals surface area contributed by atoms with Gasteiger partial charge in [-0.05, 0) is 0 Å². The zero-order chi connectivity index (χ0) is 7.71. The average Bonchev–Trinajstić information content (AvgIpc) is 1.14. The van der Waals surface area contributed by atoms with Crippen molar-refractivity contribution < 1.29 is 44.0 Å². The Morgan fingerprint density at radius 3 is 0.857 bits per heavy atom. The molecule has 0 rings (SSSR count). The predicted octanol–water partition coefficient (Wildman–Crippen LogP) is -5.21. The first-order chi connectivity index (χ1) is 3.71. The third-order valence-electron chi connectivity index (χ3n) is 0.213. The van der Waals surface area contributed by atoms with E-state index in [4.69, 9.17) is 19.6 Å². The SMILES string of the molecule is O.O.O=P(O)(O)OP(=O)(O)O.[CaH2].[CaH2].[CaH2]. The van der Waals surface area contributed by atoms with E-state index in [2.05, 4.69) is 4.31 Å². The van der Waals surface area contributed by atoms with Crippen molar-refractivity contribution in [1.29, 1.82) is 0 Å². The topological polar surface area (TPSA) is 187 Å². The van der Waals surface area contributed by atoms with Gasteiger partial charge in [0.15, 0.2) is 0 Å². The van der Waals surface area contributed by atoms with Gasteiger partial charge in [0, 0.05) is 0 Å². The molecule has 0 aliphatic heterocycles. The summed E-state index contributed by atoms with van der Waals surface area (Å²) in [5.74, 6) is 0. The summed E-state index contributed by atoms with van der Waals surface area (Å²) in [6.45, 7) is 0. The summed E-state index contributed by atoms with van der Waals surface area (Å²) in [4.78, 5) is 31.0. The van der Waals surface area contributed by atoms with Gasteiger partial charge in [-0.1, -0.05) is 0 Å². The normalized spacial score (nSPS) is 8.86. The second-order valence-corrected chi connectivity index (χ2v) is 3.68. The molecule has 14 heteroatoms.